The lowest BCUT2D eigenvalue weighted by Crippen LogP contribution is -2.37. The zero-order valence-corrected chi connectivity index (χ0v) is 81.9. The summed E-state index contributed by atoms with van der Waals surface area (Å²) in [5, 5.41) is 95.2. The van der Waals surface area contributed by atoms with Gasteiger partial charge in [-0.25, -0.2) is 26.7 Å². The molecule has 1 saturated heterocycles. The number of benzene rings is 4. The molecule has 14 N–H and O–H groups in total. The van der Waals surface area contributed by atoms with Gasteiger partial charge in [-0.15, -0.1) is 90.7 Å². The molecule has 132 heavy (non-hydrogen) atoms. The minimum atomic E-state index is -1.17. The Morgan fingerprint density at radius 3 is 0.962 bits per heavy atom. The quantitative estimate of drug-likeness (QED) is 0.0168. The Morgan fingerprint density at radius 2 is 0.674 bits per heavy atom. The maximum atomic E-state index is 12.8. The highest BCUT2D eigenvalue weighted by Gasteiger charge is 2.30. The van der Waals surface area contributed by atoms with Gasteiger partial charge >= 0.3 is 11.9 Å². The van der Waals surface area contributed by atoms with Crippen LogP contribution in [0.25, 0.3) is 41.8 Å². The molecule has 47 heteroatoms. The summed E-state index contributed by atoms with van der Waals surface area (Å²) in [5.41, 5.74) is 18.6. The van der Waals surface area contributed by atoms with E-state index < -0.39 is 53.9 Å². The van der Waals surface area contributed by atoms with Crippen molar-refractivity contribution in [3.05, 3.63) is 244 Å². The number of hydrazine groups is 1. The number of hydrogen-bond donors (Lipinski definition) is 14. The van der Waals surface area contributed by atoms with Crippen LogP contribution in [0.4, 0.5) is 0 Å². The molecule has 9 heterocycles. The monoisotopic (exact) mass is 2100 g/mol. The molecule has 0 radical (unpaired) electrons. The number of rotatable bonds is 27. The number of carbonyl (C=O) groups is 11. The fourth-order valence-corrected chi connectivity index (χ4v) is 20.0. The molecule has 4 aromatic carbocycles. The van der Waals surface area contributed by atoms with Gasteiger partial charge in [0.1, 0.15) is 29.5 Å². The number of carboxylic acids is 2. The van der Waals surface area contributed by atoms with Gasteiger partial charge in [-0.2, -0.15) is 20.4 Å². The summed E-state index contributed by atoms with van der Waals surface area (Å²) in [7, 11) is 3.40. The van der Waals surface area contributed by atoms with Crippen LogP contribution in [-0.2, 0) is 14.4 Å². The van der Waals surface area contributed by atoms with Gasteiger partial charge in [-0.3, -0.25) is 58.2 Å². The highest BCUT2D eigenvalue weighted by atomic mass is 35.5. The van der Waals surface area contributed by atoms with Crippen LogP contribution in [0.5, 0.6) is 23.0 Å². The molecule has 31 nitrogen and oxygen atoms in total. The zero-order valence-electron chi connectivity index (χ0n) is 69.3. The molecule has 8 aromatic heterocycles. The summed E-state index contributed by atoms with van der Waals surface area (Å²) in [4.78, 5) is 137. The predicted octanol–water partition coefficient (Wildman–Crippen LogP) is 19.1. The molecular formula is C85H72Cl8N14O17S8. The lowest BCUT2D eigenvalue weighted by Gasteiger charge is -2.15. The number of hydrogen-bond acceptors (Lipinski definition) is 28. The number of likely N-dealkylation sites (tertiary alicyclic amines) is 1. The summed E-state index contributed by atoms with van der Waals surface area (Å²) in [6.07, 6.45) is 0.501. The highest BCUT2D eigenvalue weighted by Crippen LogP contribution is 2.45. The number of thiophene rings is 8. The first kappa shape index (κ1) is 103. The molecular weight excluding hydrogens is 2030 g/mol. The zero-order chi connectivity index (χ0) is 96.2. The SMILES string of the molecule is C/C(=N\NC(=O)c1ccc(C(=O)NCC(=O)O)s1)c1csc(-c2ccc(Cl)c(Cl)c2)c1O.C/C(=N\NC(=O)c1ccc(C(=O)NCCC(=O)O)s1)c1csc(-c2ccc(Cl)c(Cl)c2)c1O.C/C(=N\NC(=O)c1ccc(C(=O)NN(C)C)s1)c1csc(-c2ccc(Cl)c(Cl)c2)c1O.CC(=O)NC1CCN(C(=O)c2ccc(C(=O)N/N=C(\C)c3csc(-c4ccc(Cl)c(Cl)c4)c3O)s2)C1. The normalized spacial score (nSPS) is 12.6. The first-order valence-corrected chi connectivity index (χ1v) is 47.8. The van der Waals surface area contributed by atoms with E-state index >= 15 is 0 Å². The van der Waals surface area contributed by atoms with E-state index in [4.69, 9.17) is 103 Å². The van der Waals surface area contributed by atoms with Gasteiger partial charge in [0, 0.05) is 68.2 Å². The second-order valence-electron chi connectivity index (χ2n) is 27.8. The number of nitrogens with zero attached hydrogens (tertiary/aromatic N) is 6. The second kappa shape index (κ2) is 47.4. The van der Waals surface area contributed by atoms with E-state index in [1.165, 1.54) is 81.5 Å². The van der Waals surface area contributed by atoms with Crippen LogP contribution >= 0.6 is 184 Å². The van der Waals surface area contributed by atoms with Crippen molar-refractivity contribution >= 4 is 271 Å². The lowest BCUT2D eigenvalue weighted by molar-refractivity contribution is -0.137. The van der Waals surface area contributed by atoms with E-state index in [0.717, 1.165) is 50.9 Å². The molecule has 0 bridgehead atoms. The van der Waals surface area contributed by atoms with Crippen molar-refractivity contribution in [3.8, 4) is 64.8 Å². The van der Waals surface area contributed by atoms with Gasteiger partial charge in [0.05, 0.1) is 150 Å². The smallest absolute Gasteiger partial charge is 0.322 e. The van der Waals surface area contributed by atoms with Crippen LogP contribution in [-0.4, -0.2) is 175 Å². The van der Waals surface area contributed by atoms with E-state index in [2.05, 4.69) is 63.5 Å². The average molecular weight is 2100 g/mol. The summed E-state index contributed by atoms with van der Waals surface area (Å²) >= 11 is 57.3. The molecule has 0 aliphatic carbocycles. The van der Waals surface area contributed by atoms with E-state index in [-0.39, 0.29) is 79.2 Å². The van der Waals surface area contributed by atoms with Crippen LogP contribution < -0.4 is 43.1 Å². The number of aromatic hydroxyl groups is 4. The highest BCUT2D eigenvalue weighted by molar-refractivity contribution is 7.18. The number of nitrogens with one attached hydrogen (secondary N) is 8. The third-order valence-electron chi connectivity index (χ3n) is 18.1. The first-order valence-electron chi connectivity index (χ1n) is 38.0. The van der Waals surface area contributed by atoms with Gasteiger partial charge in [0.15, 0.2) is 0 Å². The van der Waals surface area contributed by atoms with Crippen LogP contribution in [0.15, 0.2) is 163 Å². The average Bonchev–Trinajstić information content (AvgIpc) is 1.84. The van der Waals surface area contributed by atoms with Crippen LogP contribution in [0.3, 0.4) is 0 Å². The molecule has 688 valence electrons. The standard InChI is InChI=1S/C24H22Cl2N4O4S2.C21H17Cl2N3O5S2.C20H18Cl2N4O3S2.C20H15Cl2N3O5S2/c1-12(16-11-35-22(21(16)32)14-3-4-17(25)18(26)9-14)28-29-23(33)19-5-6-20(36-19)24(34)30-8-7-15(10-30)27-13(2)31;1-10(12-9-32-19(18(12)29)11-2-3-13(22)14(23)8-11)25-26-21(31)16-5-4-15(33-16)20(30)24-7-6-17(27)28;1-10(12-9-30-18(17(12)27)11-4-5-13(21)14(22)8-11)23-24-19(28)15-6-7-16(31-15)20(29)25-26(2)3;1-9(11-8-31-18(17(11)28)10-2-3-12(21)13(22)6-10)24-25-20(30)15-5-4-14(32-15)19(29)23-7-16(26)27/h3-6,9,11,15,32H,7-8,10H2,1-2H3,(H,27,31)(H,29,33);2-5,8-9,29H,6-7H2,1H3,(H,24,30)(H,26,31)(H,27,28);4-9,27H,1-3H3,(H,24,28)(H,25,29);2-6,8,28H,7H2,1H3,(H,23,29)(H,25,30)(H,26,27)/b28-12+;25-10+;23-10+;24-9+. The van der Waals surface area contributed by atoms with Crippen molar-refractivity contribution in [2.75, 3.05) is 40.3 Å². The van der Waals surface area contributed by atoms with E-state index in [0.29, 0.717) is 160 Å². The molecule has 12 aromatic rings. The van der Waals surface area contributed by atoms with Crippen molar-refractivity contribution < 1.29 is 83.4 Å². The Bertz CT molecular complexity index is 6570. The molecule has 1 atom stereocenters. The van der Waals surface area contributed by atoms with Crippen LogP contribution in [0.1, 0.15) is 147 Å². The molecule has 1 unspecified atom stereocenters. The summed E-state index contributed by atoms with van der Waals surface area (Å²) in [6, 6.07) is 32.3. The minimum absolute atomic E-state index is 0.00241. The number of halogens is 8. The molecule has 0 spiro atoms. The Hall–Kier alpha value is -11.2. The maximum absolute atomic E-state index is 12.8. The maximum Gasteiger partial charge on any atom is 0.322 e. The van der Waals surface area contributed by atoms with Crippen molar-refractivity contribution in [2.45, 2.75) is 53.5 Å². The number of amides is 9. The first-order chi connectivity index (χ1) is 62.6. The Kier molecular flexibility index (Phi) is 37.0. The fraction of sp³-hybridized carbons (Fsp3) is 0.165. The largest absolute Gasteiger partial charge is 0.506 e. The lowest BCUT2D eigenvalue weighted by atomic mass is 10.1. The number of hydrazone groups is 4. The third kappa shape index (κ3) is 27.5. The topological polar surface area (TPSA) is 461 Å². The van der Waals surface area contributed by atoms with E-state index in [9.17, 15) is 73.2 Å². The van der Waals surface area contributed by atoms with Crippen molar-refractivity contribution in [3.63, 3.8) is 0 Å². The van der Waals surface area contributed by atoms with Gasteiger partial charge in [0.2, 0.25) is 5.91 Å². The van der Waals surface area contributed by atoms with Crippen molar-refractivity contribution in [1.82, 2.24) is 53.0 Å². The Morgan fingerprint density at radius 1 is 0.386 bits per heavy atom. The predicted molar refractivity (Wildman–Crippen MR) is 526 cm³/mol. The number of aliphatic carboxylic acids is 2. The number of carbonyl (C=O) groups excluding carboxylic acids is 9. The molecule has 0 saturated carbocycles. The Labute approximate surface area is 823 Å². The minimum Gasteiger partial charge on any atom is -0.506 e. The molecule has 1 fully saturated rings. The van der Waals surface area contributed by atoms with Crippen molar-refractivity contribution in [1.29, 1.82) is 0 Å². The van der Waals surface area contributed by atoms with Gasteiger partial charge in [0.25, 0.3) is 47.3 Å². The van der Waals surface area contributed by atoms with Crippen LogP contribution in [0, 0.1) is 0 Å². The summed E-state index contributed by atoms with van der Waals surface area (Å²) in [6.45, 7) is 8.51. The van der Waals surface area contributed by atoms with E-state index in [1.54, 1.807) is 165 Å². The van der Waals surface area contributed by atoms with Crippen molar-refractivity contribution in [2.24, 2.45) is 20.4 Å². The van der Waals surface area contributed by atoms with Gasteiger partial charge in [-0.05, 0) is 153 Å². The second-order valence-corrected chi connectivity index (χ2v) is 38.9. The van der Waals surface area contributed by atoms with Gasteiger partial charge in [-0.1, -0.05) is 117 Å². The van der Waals surface area contributed by atoms with E-state index in [1.807, 2.05) is 0 Å². The molecule has 1 aliphatic rings. The van der Waals surface area contributed by atoms with Gasteiger partial charge < -0.3 is 51.5 Å². The molecule has 13 rings (SSSR count). The Balaban J connectivity index is 0.000000183. The van der Waals surface area contributed by atoms with Crippen LogP contribution in [0.2, 0.25) is 40.2 Å². The fourth-order valence-electron chi connectivity index (χ4n) is 11.5. The summed E-state index contributed by atoms with van der Waals surface area (Å²) in [5.74, 6) is -5.75. The summed E-state index contributed by atoms with van der Waals surface area (Å²) < 4.78 is 0. The molecule has 9 amide bonds. The molecule has 1 aliphatic heterocycles. The third-order valence-corrected chi connectivity index (χ3v) is 29.4. The number of carboxylic acid groups (broad SMARTS) is 2.